The molecule has 21 heavy (non-hydrogen) atoms. The van der Waals surface area contributed by atoms with Crippen LogP contribution in [0.3, 0.4) is 0 Å². The normalized spacial score (nSPS) is 40.5. The first-order valence-corrected chi connectivity index (χ1v) is 8.68. The van der Waals surface area contributed by atoms with E-state index in [0.717, 1.165) is 25.9 Å². The van der Waals surface area contributed by atoms with Crippen LogP contribution in [0.4, 0.5) is 0 Å². The summed E-state index contributed by atoms with van der Waals surface area (Å²) in [6.07, 6.45) is 5.88. The summed E-state index contributed by atoms with van der Waals surface area (Å²) in [7, 11) is 0. The summed E-state index contributed by atoms with van der Waals surface area (Å²) in [6, 6.07) is 0.287. The van der Waals surface area contributed by atoms with Crippen molar-refractivity contribution in [3.63, 3.8) is 0 Å². The Morgan fingerprint density at radius 1 is 1.38 bits per heavy atom. The molecule has 0 aromatic heterocycles. The van der Waals surface area contributed by atoms with Gasteiger partial charge in [0.25, 0.3) is 0 Å². The molecule has 2 saturated heterocycles. The summed E-state index contributed by atoms with van der Waals surface area (Å²) in [4.78, 5) is 15.2. The molecule has 1 saturated carbocycles. The van der Waals surface area contributed by atoms with E-state index in [-0.39, 0.29) is 24.2 Å². The summed E-state index contributed by atoms with van der Waals surface area (Å²) in [5.74, 6) is 1.56. The van der Waals surface area contributed by atoms with Crippen LogP contribution in [0.1, 0.15) is 59.8 Å². The maximum absolute atomic E-state index is 13.0. The predicted molar refractivity (Wildman–Crippen MR) is 82.8 cm³/mol. The van der Waals surface area contributed by atoms with Crippen molar-refractivity contribution >= 4 is 5.91 Å². The molecule has 3 aliphatic rings. The first-order chi connectivity index (χ1) is 9.96. The van der Waals surface area contributed by atoms with E-state index in [1.807, 2.05) is 0 Å². The molecular formula is C17H30N2O2. The largest absolute Gasteiger partial charge is 0.376 e. The topological polar surface area (TPSA) is 41.6 Å². The number of nitrogens with zero attached hydrogens (tertiary/aromatic N) is 1. The number of amides is 1. The van der Waals surface area contributed by atoms with Gasteiger partial charge in [0.05, 0.1) is 23.9 Å². The first-order valence-electron chi connectivity index (χ1n) is 8.68. The minimum Gasteiger partial charge on any atom is -0.376 e. The van der Waals surface area contributed by atoms with Crippen LogP contribution in [-0.2, 0) is 9.53 Å². The van der Waals surface area contributed by atoms with Gasteiger partial charge in [-0.2, -0.15) is 0 Å². The van der Waals surface area contributed by atoms with Gasteiger partial charge in [-0.05, 0) is 50.9 Å². The van der Waals surface area contributed by atoms with Gasteiger partial charge in [-0.15, -0.1) is 0 Å². The van der Waals surface area contributed by atoms with Crippen LogP contribution in [0.15, 0.2) is 0 Å². The van der Waals surface area contributed by atoms with Gasteiger partial charge in [0.15, 0.2) is 0 Å². The Hall–Kier alpha value is -0.610. The Kier molecular flexibility index (Phi) is 4.04. The number of carbonyl (C=O) groups is 1. The number of rotatable bonds is 5. The van der Waals surface area contributed by atoms with Crippen LogP contribution in [0.25, 0.3) is 0 Å². The highest BCUT2D eigenvalue weighted by Gasteiger charge is 2.53. The highest BCUT2D eigenvalue weighted by atomic mass is 16.5. The Morgan fingerprint density at radius 2 is 2.10 bits per heavy atom. The van der Waals surface area contributed by atoms with Crippen molar-refractivity contribution in [3.8, 4) is 0 Å². The lowest BCUT2D eigenvalue weighted by Crippen LogP contribution is -2.49. The fourth-order valence-corrected chi connectivity index (χ4v) is 3.95. The number of hydrogen-bond donors (Lipinski definition) is 1. The third-order valence-electron chi connectivity index (χ3n) is 5.48. The zero-order chi connectivity index (χ0) is 15.2. The summed E-state index contributed by atoms with van der Waals surface area (Å²) >= 11 is 0. The van der Waals surface area contributed by atoms with E-state index in [9.17, 15) is 4.79 Å². The minimum absolute atomic E-state index is 0.176. The van der Waals surface area contributed by atoms with E-state index >= 15 is 0 Å². The van der Waals surface area contributed by atoms with Crippen molar-refractivity contribution in [2.24, 2.45) is 11.8 Å². The smallest absolute Gasteiger partial charge is 0.244 e. The van der Waals surface area contributed by atoms with E-state index in [1.165, 1.54) is 12.8 Å². The van der Waals surface area contributed by atoms with Crippen LogP contribution < -0.4 is 5.32 Å². The molecule has 4 nitrogen and oxygen atoms in total. The van der Waals surface area contributed by atoms with Gasteiger partial charge in [-0.3, -0.25) is 10.1 Å². The molecule has 3 fully saturated rings. The van der Waals surface area contributed by atoms with Crippen molar-refractivity contribution in [3.05, 3.63) is 0 Å². The molecule has 1 aliphatic carbocycles. The van der Waals surface area contributed by atoms with Crippen LogP contribution in [0, 0.1) is 11.8 Å². The molecular weight excluding hydrogens is 264 g/mol. The predicted octanol–water partition coefficient (Wildman–Crippen LogP) is 2.53. The van der Waals surface area contributed by atoms with Crippen LogP contribution in [0.5, 0.6) is 0 Å². The molecule has 3 rings (SSSR count). The lowest BCUT2D eigenvalue weighted by atomic mass is 9.97. The van der Waals surface area contributed by atoms with Crippen molar-refractivity contribution < 1.29 is 9.53 Å². The summed E-state index contributed by atoms with van der Waals surface area (Å²) < 4.78 is 5.98. The maximum atomic E-state index is 13.0. The third-order valence-corrected chi connectivity index (χ3v) is 5.48. The number of ether oxygens (including phenoxy) is 1. The van der Waals surface area contributed by atoms with Crippen molar-refractivity contribution in [2.45, 2.75) is 83.6 Å². The Labute approximate surface area is 128 Å². The highest BCUT2D eigenvalue weighted by molar-refractivity contribution is 5.88. The SMILES string of the molecule is CCC1(C)NC(CC(C)C)N(C2CCOC2C2CC2)C1=O. The Bertz CT molecular complexity index is 408. The van der Waals surface area contributed by atoms with Gasteiger partial charge in [0.2, 0.25) is 5.91 Å². The van der Waals surface area contributed by atoms with E-state index in [0.29, 0.717) is 11.8 Å². The molecule has 0 bridgehead atoms. The summed E-state index contributed by atoms with van der Waals surface area (Å²) in [5, 5.41) is 3.63. The van der Waals surface area contributed by atoms with E-state index in [2.05, 4.69) is 37.9 Å². The number of nitrogens with one attached hydrogen (secondary N) is 1. The quantitative estimate of drug-likeness (QED) is 0.847. The van der Waals surface area contributed by atoms with Crippen LogP contribution in [0.2, 0.25) is 0 Å². The number of carbonyl (C=O) groups excluding carboxylic acids is 1. The van der Waals surface area contributed by atoms with Gasteiger partial charge in [-0.1, -0.05) is 20.8 Å². The molecule has 2 aliphatic heterocycles. The minimum atomic E-state index is -0.393. The second kappa shape index (κ2) is 5.54. The second-order valence-corrected chi connectivity index (χ2v) is 7.72. The molecule has 0 aromatic rings. The molecule has 0 aromatic carbocycles. The van der Waals surface area contributed by atoms with Gasteiger partial charge in [0, 0.05) is 6.61 Å². The third kappa shape index (κ3) is 2.72. The molecule has 4 atom stereocenters. The van der Waals surface area contributed by atoms with E-state index < -0.39 is 5.54 Å². The van der Waals surface area contributed by atoms with Crippen molar-refractivity contribution in [2.75, 3.05) is 6.61 Å². The second-order valence-electron chi connectivity index (χ2n) is 7.72. The zero-order valence-corrected chi connectivity index (χ0v) is 13.9. The lowest BCUT2D eigenvalue weighted by molar-refractivity contribution is -0.136. The molecule has 1 amide bonds. The fourth-order valence-electron chi connectivity index (χ4n) is 3.95. The molecule has 120 valence electrons. The van der Waals surface area contributed by atoms with Crippen molar-refractivity contribution in [1.29, 1.82) is 0 Å². The Morgan fingerprint density at radius 3 is 2.67 bits per heavy atom. The monoisotopic (exact) mass is 294 g/mol. The van der Waals surface area contributed by atoms with Gasteiger partial charge < -0.3 is 9.64 Å². The summed E-state index contributed by atoms with van der Waals surface area (Å²) in [6.45, 7) is 9.44. The lowest BCUT2D eigenvalue weighted by Gasteiger charge is -2.34. The molecule has 2 heterocycles. The number of hydrogen-bond acceptors (Lipinski definition) is 3. The van der Waals surface area contributed by atoms with Crippen molar-refractivity contribution in [1.82, 2.24) is 10.2 Å². The molecule has 4 unspecified atom stereocenters. The van der Waals surface area contributed by atoms with Gasteiger partial charge >= 0.3 is 0 Å². The average Bonchev–Trinajstić information content (AvgIpc) is 3.11. The van der Waals surface area contributed by atoms with Crippen LogP contribution in [-0.4, -0.2) is 41.3 Å². The molecule has 4 heteroatoms. The average molecular weight is 294 g/mol. The standard InChI is InChI=1S/C17H30N2O2/c1-5-17(4)16(20)19(14(18-17)10-11(2)3)13-8-9-21-15(13)12-6-7-12/h11-15,18H,5-10H2,1-4H3. The molecule has 0 radical (unpaired) electrons. The highest BCUT2D eigenvalue weighted by Crippen LogP contribution is 2.42. The Balaban J connectivity index is 1.83. The zero-order valence-electron chi connectivity index (χ0n) is 13.9. The molecule has 1 N–H and O–H groups in total. The van der Waals surface area contributed by atoms with Gasteiger partial charge in [0.1, 0.15) is 0 Å². The van der Waals surface area contributed by atoms with E-state index in [4.69, 9.17) is 4.74 Å². The van der Waals surface area contributed by atoms with E-state index in [1.54, 1.807) is 0 Å². The fraction of sp³-hybridized carbons (Fsp3) is 0.941. The molecule has 0 spiro atoms. The van der Waals surface area contributed by atoms with Crippen LogP contribution >= 0.6 is 0 Å². The first kappa shape index (κ1) is 15.3. The maximum Gasteiger partial charge on any atom is 0.244 e. The van der Waals surface area contributed by atoms with Gasteiger partial charge in [-0.25, -0.2) is 0 Å². The summed E-state index contributed by atoms with van der Waals surface area (Å²) in [5.41, 5.74) is -0.393.